The number of nitrogens with one attached hydrogen (secondary N) is 1. The van der Waals surface area contributed by atoms with E-state index in [0.717, 1.165) is 30.0 Å². The second kappa shape index (κ2) is 10.2. The molecule has 1 aliphatic rings. The minimum atomic E-state index is -3.02. The third-order valence-corrected chi connectivity index (χ3v) is 5.99. The number of cyclic esters (lactones) is 1. The molecule has 4 rings (SSSR count). The fraction of sp³-hybridized carbons (Fsp3) is 0.296. The molecule has 0 aliphatic carbocycles. The Bertz CT molecular complexity index is 1260. The Morgan fingerprint density at radius 3 is 2.54 bits per heavy atom. The number of ether oxygens (including phenoxy) is 1. The van der Waals surface area contributed by atoms with Crippen LogP contribution in [0.25, 0.3) is 17.2 Å². The van der Waals surface area contributed by atoms with Gasteiger partial charge in [-0.2, -0.15) is 5.10 Å². The van der Waals surface area contributed by atoms with Gasteiger partial charge in [0.25, 0.3) is 5.92 Å². The number of esters is 1. The molecule has 0 saturated heterocycles. The molecule has 0 saturated carbocycles. The predicted molar refractivity (Wildman–Crippen MR) is 129 cm³/mol. The molecule has 2 heterocycles. The molecule has 35 heavy (non-hydrogen) atoms. The van der Waals surface area contributed by atoms with Crippen molar-refractivity contribution in [1.29, 1.82) is 0 Å². The summed E-state index contributed by atoms with van der Waals surface area (Å²) in [6, 6.07) is 14.2. The molecule has 1 atom stereocenters. The number of H-pyrrole nitrogens is 1. The predicted octanol–water partition coefficient (Wildman–Crippen LogP) is 6.33. The van der Waals surface area contributed by atoms with E-state index in [-0.39, 0.29) is 23.8 Å². The van der Waals surface area contributed by atoms with Crippen LogP contribution in [0.3, 0.4) is 0 Å². The van der Waals surface area contributed by atoms with Gasteiger partial charge in [0.2, 0.25) is 0 Å². The van der Waals surface area contributed by atoms with Crippen LogP contribution in [-0.4, -0.2) is 32.2 Å². The fourth-order valence-corrected chi connectivity index (χ4v) is 4.04. The maximum Gasteiger partial charge on any atom is 0.340 e. The summed E-state index contributed by atoms with van der Waals surface area (Å²) in [5.41, 5.74) is 2.70. The number of halogens is 2. The molecular weight excluding hydrogens is 452 g/mol. The van der Waals surface area contributed by atoms with Gasteiger partial charge in [0.15, 0.2) is 17.3 Å². The van der Waals surface area contributed by atoms with Crippen molar-refractivity contribution in [2.24, 2.45) is 0 Å². The fourth-order valence-electron chi connectivity index (χ4n) is 4.04. The van der Waals surface area contributed by atoms with E-state index in [1.807, 2.05) is 24.3 Å². The molecular formula is C27H27F2N3O3. The molecule has 0 bridgehead atoms. The Labute approximate surface area is 202 Å². The summed E-state index contributed by atoms with van der Waals surface area (Å²) in [4.78, 5) is 15.8. The number of nitrogens with zero attached hydrogens (tertiary/aromatic N) is 2. The Morgan fingerprint density at radius 2 is 1.89 bits per heavy atom. The normalized spacial score (nSPS) is 15.8. The van der Waals surface area contributed by atoms with Crippen molar-refractivity contribution >= 4 is 12.0 Å². The molecule has 1 aromatic heterocycles. The topological polar surface area (TPSA) is 88.1 Å². The molecule has 8 heteroatoms. The highest BCUT2D eigenvalue weighted by Gasteiger charge is 2.42. The van der Waals surface area contributed by atoms with Crippen LogP contribution in [0.2, 0.25) is 0 Å². The standard InChI is InChI=1S/C27H27F2N3O3/c1-3-5-10-23-30-26(32-31-23)25(27(28,29)4-2)18-13-11-17(12-14-18)20-9-7-6-8-19(20)15-22-21(33)16-24(34)35-22/h6-9,11-16,25,33H,3-5,10H2,1-2H3,(H,30,31,32)/b22-15-. The van der Waals surface area contributed by atoms with Gasteiger partial charge >= 0.3 is 5.97 Å². The van der Waals surface area contributed by atoms with Gasteiger partial charge in [-0.3, -0.25) is 5.10 Å². The Kier molecular flexibility index (Phi) is 7.10. The SMILES string of the molecule is CCCCc1nc(C(c2ccc(-c3ccccc3/C=C3\OC(=O)C=C3O)cc2)C(F)(F)CC)n[nH]1. The molecule has 2 aromatic carbocycles. The van der Waals surface area contributed by atoms with E-state index in [2.05, 4.69) is 22.1 Å². The zero-order valence-corrected chi connectivity index (χ0v) is 19.6. The molecule has 0 amide bonds. The van der Waals surface area contributed by atoms with Crippen LogP contribution in [0.5, 0.6) is 0 Å². The molecule has 1 aliphatic heterocycles. The third-order valence-electron chi connectivity index (χ3n) is 5.99. The number of aliphatic hydroxyl groups is 1. The summed E-state index contributed by atoms with van der Waals surface area (Å²) in [6.45, 7) is 3.51. The Morgan fingerprint density at radius 1 is 1.14 bits per heavy atom. The average molecular weight is 480 g/mol. The van der Waals surface area contributed by atoms with E-state index < -0.39 is 17.8 Å². The minimum Gasteiger partial charge on any atom is -0.504 e. The lowest BCUT2D eigenvalue weighted by Gasteiger charge is -2.24. The van der Waals surface area contributed by atoms with Crippen molar-refractivity contribution in [2.75, 3.05) is 0 Å². The number of carbonyl (C=O) groups excluding carboxylic acids is 1. The Hall–Kier alpha value is -3.81. The highest BCUT2D eigenvalue weighted by atomic mass is 19.3. The number of rotatable bonds is 9. The first kappa shape index (κ1) is 24.3. The minimum absolute atomic E-state index is 0.0604. The third kappa shape index (κ3) is 5.31. The smallest absolute Gasteiger partial charge is 0.340 e. The summed E-state index contributed by atoms with van der Waals surface area (Å²) >= 11 is 0. The van der Waals surface area contributed by atoms with Crippen LogP contribution < -0.4 is 0 Å². The maximum absolute atomic E-state index is 15.1. The zero-order chi connectivity index (χ0) is 25.0. The number of benzene rings is 2. The van der Waals surface area contributed by atoms with Gasteiger partial charge in [0, 0.05) is 12.8 Å². The molecule has 1 unspecified atom stereocenters. The van der Waals surface area contributed by atoms with Crippen molar-refractivity contribution in [3.8, 4) is 11.1 Å². The number of hydrogen-bond donors (Lipinski definition) is 2. The van der Waals surface area contributed by atoms with Crippen LogP contribution in [0.15, 0.2) is 66.1 Å². The largest absolute Gasteiger partial charge is 0.504 e. The molecule has 0 spiro atoms. The summed E-state index contributed by atoms with van der Waals surface area (Å²) in [5.74, 6) is -4.41. The molecule has 2 N–H and O–H groups in total. The number of unbranched alkanes of at least 4 members (excludes halogenated alkanes) is 1. The summed E-state index contributed by atoms with van der Waals surface area (Å²) in [7, 11) is 0. The van der Waals surface area contributed by atoms with E-state index >= 15 is 8.78 Å². The summed E-state index contributed by atoms with van der Waals surface area (Å²) in [5, 5.41) is 16.8. The second-order valence-corrected chi connectivity index (χ2v) is 8.46. The highest BCUT2D eigenvalue weighted by molar-refractivity contribution is 5.89. The number of aromatic amines is 1. The van der Waals surface area contributed by atoms with E-state index in [9.17, 15) is 9.90 Å². The first-order valence-electron chi connectivity index (χ1n) is 11.6. The number of aromatic nitrogens is 3. The van der Waals surface area contributed by atoms with Gasteiger partial charge < -0.3 is 9.84 Å². The van der Waals surface area contributed by atoms with Gasteiger partial charge in [-0.15, -0.1) is 0 Å². The highest BCUT2D eigenvalue weighted by Crippen LogP contribution is 2.40. The van der Waals surface area contributed by atoms with Gasteiger partial charge in [-0.25, -0.2) is 18.6 Å². The van der Waals surface area contributed by atoms with Crippen molar-refractivity contribution < 1.29 is 23.4 Å². The van der Waals surface area contributed by atoms with E-state index in [4.69, 9.17) is 4.74 Å². The van der Waals surface area contributed by atoms with Crippen LogP contribution in [0.1, 0.15) is 61.8 Å². The summed E-state index contributed by atoms with van der Waals surface area (Å²) in [6.07, 6.45) is 4.78. The van der Waals surface area contributed by atoms with Crippen molar-refractivity contribution in [1.82, 2.24) is 15.2 Å². The van der Waals surface area contributed by atoms with E-state index in [1.54, 1.807) is 30.3 Å². The van der Waals surface area contributed by atoms with Crippen LogP contribution >= 0.6 is 0 Å². The van der Waals surface area contributed by atoms with Crippen molar-refractivity contribution in [3.05, 3.63) is 88.9 Å². The van der Waals surface area contributed by atoms with E-state index in [0.29, 0.717) is 23.4 Å². The number of aliphatic hydroxyl groups excluding tert-OH is 1. The van der Waals surface area contributed by atoms with Gasteiger partial charge in [0.05, 0.1) is 6.08 Å². The number of carbonyl (C=O) groups is 1. The van der Waals surface area contributed by atoms with Crippen LogP contribution in [0.4, 0.5) is 8.78 Å². The van der Waals surface area contributed by atoms with Gasteiger partial charge in [0.1, 0.15) is 11.7 Å². The lowest BCUT2D eigenvalue weighted by Crippen LogP contribution is -2.27. The lowest BCUT2D eigenvalue weighted by molar-refractivity contribution is -0.132. The Balaban J connectivity index is 1.67. The number of alkyl halides is 2. The summed E-state index contributed by atoms with van der Waals surface area (Å²) < 4.78 is 35.1. The molecule has 0 fully saturated rings. The number of aryl methyl sites for hydroxylation is 1. The van der Waals surface area contributed by atoms with Crippen molar-refractivity contribution in [3.63, 3.8) is 0 Å². The quantitative estimate of drug-likeness (QED) is 0.350. The van der Waals surface area contributed by atoms with E-state index in [1.165, 1.54) is 6.92 Å². The number of hydrogen-bond acceptors (Lipinski definition) is 5. The van der Waals surface area contributed by atoms with Crippen molar-refractivity contribution in [2.45, 2.75) is 51.4 Å². The first-order valence-corrected chi connectivity index (χ1v) is 11.6. The van der Waals surface area contributed by atoms with Crippen LogP contribution in [-0.2, 0) is 16.0 Å². The molecule has 6 nitrogen and oxygen atoms in total. The maximum atomic E-state index is 15.1. The van der Waals surface area contributed by atoms with Gasteiger partial charge in [-0.1, -0.05) is 68.8 Å². The van der Waals surface area contributed by atoms with Gasteiger partial charge in [-0.05, 0) is 34.8 Å². The zero-order valence-electron chi connectivity index (χ0n) is 19.6. The molecule has 0 radical (unpaired) electrons. The molecule has 182 valence electrons. The first-order chi connectivity index (χ1) is 16.8. The lowest BCUT2D eigenvalue weighted by atomic mass is 9.88. The van der Waals surface area contributed by atoms with Crippen LogP contribution in [0, 0.1) is 0 Å². The monoisotopic (exact) mass is 479 g/mol. The molecule has 3 aromatic rings. The average Bonchev–Trinajstić information content (AvgIpc) is 3.44. The second-order valence-electron chi connectivity index (χ2n) is 8.46.